The third-order valence-corrected chi connectivity index (χ3v) is 4.49. The number of ether oxygens (including phenoxy) is 1. The summed E-state index contributed by atoms with van der Waals surface area (Å²) in [6.45, 7) is 0. The van der Waals surface area contributed by atoms with Gasteiger partial charge in [-0.25, -0.2) is 4.98 Å². The van der Waals surface area contributed by atoms with Crippen LogP contribution in [0.15, 0.2) is 65.2 Å². The zero-order valence-corrected chi connectivity index (χ0v) is 16.5. The molecule has 0 aliphatic heterocycles. The van der Waals surface area contributed by atoms with Gasteiger partial charge in [0.25, 0.3) is 0 Å². The number of rotatable bonds is 8. The maximum atomic E-state index is 12.2. The van der Waals surface area contributed by atoms with Crippen LogP contribution in [0.25, 0.3) is 11.3 Å². The van der Waals surface area contributed by atoms with Gasteiger partial charge in [0.2, 0.25) is 11.9 Å². The van der Waals surface area contributed by atoms with E-state index in [2.05, 4.69) is 25.5 Å². The number of hydrogen-bond acceptors (Lipinski definition) is 6. The summed E-state index contributed by atoms with van der Waals surface area (Å²) in [7, 11) is 1.63. The lowest BCUT2D eigenvalue weighted by Gasteiger charge is -2.01. The molecule has 0 bridgehead atoms. The van der Waals surface area contributed by atoms with Crippen molar-refractivity contribution in [3.63, 3.8) is 0 Å². The van der Waals surface area contributed by atoms with E-state index in [9.17, 15) is 4.79 Å². The predicted octanol–water partition coefficient (Wildman–Crippen LogP) is 3.63. The first-order valence-electron chi connectivity index (χ1n) is 9.54. The van der Waals surface area contributed by atoms with Gasteiger partial charge in [0.05, 0.1) is 13.3 Å². The van der Waals surface area contributed by atoms with E-state index in [0.717, 1.165) is 16.9 Å². The summed E-state index contributed by atoms with van der Waals surface area (Å²) in [6, 6.07) is 17.4. The SMILES string of the molecule is COc1ccc(Cc2nc(NC(=O)CCc3ncc(-c4ccccc4)o3)n[nH]2)cc1. The number of aryl methyl sites for hydroxylation is 1. The Morgan fingerprint density at radius 3 is 2.70 bits per heavy atom. The molecule has 2 heterocycles. The van der Waals surface area contributed by atoms with Crippen LogP contribution in [0.2, 0.25) is 0 Å². The minimum atomic E-state index is -0.204. The lowest BCUT2D eigenvalue weighted by molar-refractivity contribution is -0.116. The highest BCUT2D eigenvalue weighted by Gasteiger charge is 2.11. The molecule has 2 N–H and O–H groups in total. The van der Waals surface area contributed by atoms with Crippen LogP contribution in [0.1, 0.15) is 23.7 Å². The highest BCUT2D eigenvalue weighted by Crippen LogP contribution is 2.20. The van der Waals surface area contributed by atoms with Crippen LogP contribution in [0.3, 0.4) is 0 Å². The molecule has 0 radical (unpaired) electrons. The number of carbonyl (C=O) groups is 1. The largest absolute Gasteiger partial charge is 0.497 e. The molecule has 0 fully saturated rings. The van der Waals surface area contributed by atoms with E-state index in [1.54, 1.807) is 13.3 Å². The average Bonchev–Trinajstić information content (AvgIpc) is 3.43. The molecule has 2 aromatic heterocycles. The number of nitrogens with zero attached hydrogens (tertiary/aromatic N) is 3. The molecule has 0 saturated heterocycles. The number of oxazole rings is 1. The van der Waals surface area contributed by atoms with Crippen LogP contribution in [0, 0.1) is 0 Å². The van der Waals surface area contributed by atoms with Crippen LogP contribution < -0.4 is 10.1 Å². The fourth-order valence-corrected chi connectivity index (χ4v) is 2.94. The molecule has 30 heavy (non-hydrogen) atoms. The lowest BCUT2D eigenvalue weighted by atomic mass is 10.1. The zero-order valence-electron chi connectivity index (χ0n) is 16.5. The molecule has 0 aliphatic rings. The second-order valence-electron chi connectivity index (χ2n) is 6.66. The van der Waals surface area contributed by atoms with Crippen molar-refractivity contribution < 1.29 is 13.9 Å². The van der Waals surface area contributed by atoms with Gasteiger partial charge < -0.3 is 9.15 Å². The predicted molar refractivity (Wildman–Crippen MR) is 111 cm³/mol. The summed E-state index contributed by atoms with van der Waals surface area (Å²) in [6.07, 6.45) is 2.85. The number of carbonyl (C=O) groups excluding carboxylic acids is 1. The summed E-state index contributed by atoms with van der Waals surface area (Å²) < 4.78 is 10.9. The van der Waals surface area contributed by atoms with Crippen molar-refractivity contribution >= 4 is 11.9 Å². The van der Waals surface area contributed by atoms with E-state index in [0.29, 0.717) is 30.3 Å². The molecule has 4 aromatic rings. The first-order chi connectivity index (χ1) is 14.7. The van der Waals surface area contributed by atoms with Crippen molar-refractivity contribution in [1.29, 1.82) is 0 Å². The summed E-state index contributed by atoms with van der Waals surface area (Å²) in [5.74, 6) is 2.70. The topological polar surface area (TPSA) is 106 Å². The summed E-state index contributed by atoms with van der Waals surface area (Å²) in [5.41, 5.74) is 2.01. The molecule has 0 unspecified atom stereocenters. The Bertz CT molecular complexity index is 1100. The number of hydrogen-bond donors (Lipinski definition) is 2. The quantitative estimate of drug-likeness (QED) is 0.465. The zero-order chi connectivity index (χ0) is 20.8. The van der Waals surface area contributed by atoms with Gasteiger partial charge in [-0.05, 0) is 17.7 Å². The number of nitrogens with one attached hydrogen (secondary N) is 2. The number of aromatic amines is 1. The Morgan fingerprint density at radius 1 is 1.13 bits per heavy atom. The molecular formula is C22H21N5O3. The van der Waals surface area contributed by atoms with Gasteiger partial charge >= 0.3 is 0 Å². The van der Waals surface area contributed by atoms with Gasteiger partial charge in [-0.15, -0.1) is 5.10 Å². The Hall–Kier alpha value is -3.94. The van der Waals surface area contributed by atoms with Crippen LogP contribution in [-0.4, -0.2) is 33.2 Å². The monoisotopic (exact) mass is 403 g/mol. The van der Waals surface area contributed by atoms with Crippen LogP contribution in [0.4, 0.5) is 5.95 Å². The molecule has 2 aromatic carbocycles. The number of aromatic nitrogens is 4. The van der Waals surface area contributed by atoms with Gasteiger partial charge in [-0.1, -0.05) is 42.5 Å². The Kier molecular flexibility index (Phi) is 5.84. The van der Waals surface area contributed by atoms with Crippen molar-refractivity contribution in [2.75, 3.05) is 12.4 Å². The molecule has 0 saturated carbocycles. The van der Waals surface area contributed by atoms with E-state index in [1.165, 1.54) is 0 Å². The van der Waals surface area contributed by atoms with Crippen molar-refractivity contribution in [2.24, 2.45) is 0 Å². The molecule has 152 valence electrons. The fraction of sp³-hybridized carbons (Fsp3) is 0.182. The van der Waals surface area contributed by atoms with Gasteiger partial charge in [0.1, 0.15) is 11.6 Å². The molecule has 0 spiro atoms. The van der Waals surface area contributed by atoms with Crippen molar-refractivity contribution in [3.8, 4) is 17.1 Å². The van der Waals surface area contributed by atoms with Gasteiger partial charge in [0, 0.05) is 24.8 Å². The Labute approximate surface area is 173 Å². The minimum absolute atomic E-state index is 0.204. The molecule has 4 rings (SSSR count). The van der Waals surface area contributed by atoms with Gasteiger partial charge in [-0.3, -0.25) is 15.2 Å². The molecular weight excluding hydrogens is 382 g/mol. The second kappa shape index (κ2) is 9.04. The standard InChI is InChI=1S/C22H21N5O3/c1-29-17-9-7-15(8-10-17)13-19-24-22(27-26-19)25-20(28)11-12-21-23-14-18(30-21)16-5-3-2-4-6-16/h2-10,14H,11-13H2,1H3,(H2,24,25,26,27,28). The first-order valence-corrected chi connectivity index (χ1v) is 9.54. The third-order valence-electron chi connectivity index (χ3n) is 4.49. The summed E-state index contributed by atoms with van der Waals surface area (Å²) in [5, 5.41) is 9.59. The van der Waals surface area contributed by atoms with Gasteiger partial charge in [0.15, 0.2) is 11.7 Å². The smallest absolute Gasteiger partial charge is 0.248 e. The normalized spacial score (nSPS) is 10.7. The van der Waals surface area contributed by atoms with E-state index >= 15 is 0 Å². The van der Waals surface area contributed by atoms with E-state index in [4.69, 9.17) is 9.15 Å². The lowest BCUT2D eigenvalue weighted by Crippen LogP contribution is -2.13. The fourth-order valence-electron chi connectivity index (χ4n) is 2.94. The number of benzene rings is 2. The Morgan fingerprint density at radius 2 is 1.93 bits per heavy atom. The van der Waals surface area contributed by atoms with Crippen LogP contribution in [0.5, 0.6) is 5.75 Å². The van der Waals surface area contributed by atoms with Crippen molar-refractivity contribution in [3.05, 3.63) is 78.1 Å². The molecule has 8 nitrogen and oxygen atoms in total. The number of H-pyrrole nitrogens is 1. The van der Waals surface area contributed by atoms with E-state index < -0.39 is 0 Å². The van der Waals surface area contributed by atoms with Crippen LogP contribution in [-0.2, 0) is 17.6 Å². The van der Waals surface area contributed by atoms with Crippen molar-refractivity contribution in [2.45, 2.75) is 19.3 Å². The maximum Gasteiger partial charge on any atom is 0.248 e. The molecule has 0 atom stereocenters. The summed E-state index contributed by atoms with van der Waals surface area (Å²) >= 11 is 0. The maximum absolute atomic E-state index is 12.2. The second-order valence-corrected chi connectivity index (χ2v) is 6.66. The van der Waals surface area contributed by atoms with E-state index in [-0.39, 0.29) is 18.3 Å². The van der Waals surface area contributed by atoms with Gasteiger partial charge in [-0.2, -0.15) is 4.98 Å². The Balaban J connectivity index is 1.28. The molecule has 8 heteroatoms. The van der Waals surface area contributed by atoms with Crippen LogP contribution >= 0.6 is 0 Å². The van der Waals surface area contributed by atoms with E-state index in [1.807, 2.05) is 54.6 Å². The number of anilines is 1. The van der Waals surface area contributed by atoms with Crippen molar-refractivity contribution in [1.82, 2.24) is 20.2 Å². The average molecular weight is 403 g/mol. The number of methoxy groups -OCH3 is 1. The highest BCUT2D eigenvalue weighted by atomic mass is 16.5. The highest BCUT2D eigenvalue weighted by molar-refractivity contribution is 5.88. The summed E-state index contributed by atoms with van der Waals surface area (Å²) in [4.78, 5) is 20.8. The minimum Gasteiger partial charge on any atom is -0.497 e. The molecule has 1 amide bonds. The number of amides is 1. The molecule has 0 aliphatic carbocycles. The third kappa shape index (κ3) is 4.91. The first kappa shape index (κ1) is 19.4.